The molecule has 0 radical (unpaired) electrons. The molecule has 1 rings (SSSR count). The summed E-state index contributed by atoms with van der Waals surface area (Å²) in [4.78, 5) is 22.8. The van der Waals surface area contributed by atoms with Gasteiger partial charge >= 0.3 is 5.97 Å². The highest BCUT2D eigenvalue weighted by atomic mass is 16.4. The van der Waals surface area contributed by atoms with Gasteiger partial charge in [-0.2, -0.15) is 0 Å². The van der Waals surface area contributed by atoms with E-state index in [1.807, 2.05) is 45.0 Å². The summed E-state index contributed by atoms with van der Waals surface area (Å²) in [6, 6.07) is 6.88. The second-order valence-corrected chi connectivity index (χ2v) is 5.27. The van der Waals surface area contributed by atoms with Gasteiger partial charge in [-0.1, -0.05) is 43.7 Å². The van der Waals surface area contributed by atoms with Crippen molar-refractivity contribution in [3.8, 4) is 0 Å². The maximum absolute atomic E-state index is 11.7. The number of hydrogen-bond acceptors (Lipinski definition) is 2. The molecule has 0 saturated heterocycles. The molecule has 0 fully saturated rings. The summed E-state index contributed by atoms with van der Waals surface area (Å²) < 4.78 is 0. The molecule has 4 heteroatoms. The van der Waals surface area contributed by atoms with Crippen molar-refractivity contribution >= 4 is 18.0 Å². The normalized spacial score (nSPS) is 12.6. The molecule has 0 aliphatic carbocycles. The number of carboxylic acid groups (broad SMARTS) is 1. The van der Waals surface area contributed by atoms with Gasteiger partial charge in [-0.15, -0.1) is 0 Å². The number of hydrogen-bond donors (Lipinski definition) is 2. The third-order valence-electron chi connectivity index (χ3n) is 2.83. The molecule has 2 N–H and O–H groups in total. The van der Waals surface area contributed by atoms with E-state index < -0.39 is 17.9 Å². The van der Waals surface area contributed by atoms with E-state index in [1.165, 1.54) is 6.08 Å². The number of carboxylic acids is 1. The molecular weight excluding hydrogens is 254 g/mol. The van der Waals surface area contributed by atoms with Gasteiger partial charge in [0.05, 0.1) is 0 Å². The Bertz CT molecular complexity index is 489. The van der Waals surface area contributed by atoms with E-state index >= 15 is 0 Å². The van der Waals surface area contributed by atoms with Gasteiger partial charge < -0.3 is 10.4 Å². The van der Waals surface area contributed by atoms with Gasteiger partial charge in [0.15, 0.2) is 0 Å². The van der Waals surface area contributed by atoms with Gasteiger partial charge in [0.1, 0.15) is 6.04 Å². The zero-order valence-electron chi connectivity index (χ0n) is 12.1. The largest absolute Gasteiger partial charge is 0.480 e. The van der Waals surface area contributed by atoms with E-state index in [2.05, 4.69) is 5.32 Å². The molecular formula is C16H21NO3. The van der Waals surface area contributed by atoms with Crippen LogP contribution in [0.25, 0.3) is 6.08 Å². The van der Waals surface area contributed by atoms with Gasteiger partial charge in [0.25, 0.3) is 0 Å². The van der Waals surface area contributed by atoms with Gasteiger partial charge in [0, 0.05) is 6.08 Å². The first-order valence-electron chi connectivity index (χ1n) is 6.66. The van der Waals surface area contributed by atoms with Crippen LogP contribution in [0.15, 0.2) is 30.3 Å². The Morgan fingerprint density at radius 2 is 1.85 bits per heavy atom. The van der Waals surface area contributed by atoms with Crippen LogP contribution >= 0.6 is 0 Å². The number of benzene rings is 1. The Balaban J connectivity index is 2.61. The smallest absolute Gasteiger partial charge is 0.326 e. The molecule has 0 aliphatic rings. The lowest BCUT2D eigenvalue weighted by Gasteiger charge is -2.15. The molecule has 1 atom stereocenters. The van der Waals surface area contributed by atoms with Crippen LogP contribution in [0.5, 0.6) is 0 Å². The number of carbonyl (C=O) groups excluding carboxylic acids is 1. The summed E-state index contributed by atoms with van der Waals surface area (Å²) in [6.45, 7) is 5.83. The highest BCUT2D eigenvalue weighted by Crippen LogP contribution is 2.06. The molecule has 0 aliphatic heterocycles. The van der Waals surface area contributed by atoms with E-state index in [9.17, 15) is 9.59 Å². The first-order valence-corrected chi connectivity index (χ1v) is 6.66. The third-order valence-corrected chi connectivity index (χ3v) is 2.83. The van der Waals surface area contributed by atoms with Gasteiger partial charge in [-0.25, -0.2) is 4.79 Å². The molecule has 20 heavy (non-hydrogen) atoms. The van der Waals surface area contributed by atoms with Gasteiger partial charge in [-0.3, -0.25) is 4.79 Å². The lowest BCUT2D eigenvalue weighted by molar-refractivity contribution is -0.141. The number of aliphatic carboxylic acids is 1. The number of rotatable bonds is 6. The summed E-state index contributed by atoms with van der Waals surface area (Å²) in [5, 5.41) is 11.6. The van der Waals surface area contributed by atoms with Crippen molar-refractivity contribution in [2.45, 2.75) is 33.2 Å². The van der Waals surface area contributed by atoms with Crippen molar-refractivity contribution in [1.82, 2.24) is 5.32 Å². The average Bonchev–Trinajstić information content (AvgIpc) is 2.36. The topological polar surface area (TPSA) is 66.4 Å². The highest BCUT2D eigenvalue weighted by molar-refractivity contribution is 5.94. The Labute approximate surface area is 119 Å². The summed E-state index contributed by atoms with van der Waals surface area (Å²) in [7, 11) is 0. The van der Waals surface area contributed by atoms with Crippen molar-refractivity contribution in [2.24, 2.45) is 5.92 Å². The second kappa shape index (κ2) is 7.48. The van der Waals surface area contributed by atoms with Crippen LogP contribution in [0.3, 0.4) is 0 Å². The Morgan fingerprint density at radius 1 is 1.25 bits per heavy atom. The standard InChI is InChI=1S/C16H21NO3/c1-11(2)10-14(16(19)20)17-15(18)9-8-13-6-4-12(3)5-7-13/h4-9,11,14H,10H2,1-3H3,(H,17,18)(H,19,20)/b9-8+/t14-/m0/s1. The number of aryl methyl sites for hydroxylation is 1. The Hall–Kier alpha value is -2.10. The molecule has 4 nitrogen and oxygen atoms in total. The molecule has 1 aromatic rings. The number of amides is 1. The lowest BCUT2D eigenvalue weighted by atomic mass is 10.0. The van der Waals surface area contributed by atoms with Crippen LogP contribution in [0.2, 0.25) is 0 Å². The van der Waals surface area contributed by atoms with Crippen LogP contribution < -0.4 is 5.32 Å². The van der Waals surface area contributed by atoms with Crippen LogP contribution in [-0.4, -0.2) is 23.0 Å². The first-order chi connectivity index (χ1) is 9.38. The molecule has 0 saturated carbocycles. The maximum atomic E-state index is 11.7. The van der Waals surface area contributed by atoms with Crippen molar-refractivity contribution in [3.63, 3.8) is 0 Å². The fraction of sp³-hybridized carbons (Fsp3) is 0.375. The fourth-order valence-corrected chi connectivity index (χ4v) is 1.76. The monoisotopic (exact) mass is 275 g/mol. The van der Waals surface area contributed by atoms with Crippen LogP contribution in [-0.2, 0) is 9.59 Å². The van der Waals surface area contributed by atoms with Crippen molar-refractivity contribution in [3.05, 3.63) is 41.5 Å². The van der Waals surface area contributed by atoms with Crippen LogP contribution in [0.1, 0.15) is 31.4 Å². The molecule has 0 spiro atoms. The van der Waals surface area contributed by atoms with Crippen LogP contribution in [0, 0.1) is 12.8 Å². The average molecular weight is 275 g/mol. The molecule has 1 amide bonds. The SMILES string of the molecule is Cc1ccc(/C=C/C(=O)N[C@@H](CC(C)C)C(=O)O)cc1. The first kappa shape index (κ1) is 16.0. The van der Waals surface area contributed by atoms with Crippen LogP contribution in [0.4, 0.5) is 0 Å². The molecule has 0 bridgehead atoms. The van der Waals surface area contributed by atoms with E-state index in [-0.39, 0.29) is 5.92 Å². The zero-order valence-corrected chi connectivity index (χ0v) is 12.1. The molecule has 1 aromatic carbocycles. The quantitative estimate of drug-likeness (QED) is 0.784. The van der Waals surface area contributed by atoms with Crippen molar-refractivity contribution in [1.29, 1.82) is 0 Å². The predicted octanol–water partition coefficient (Wildman–Crippen LogP) is 2.62. The van der Waals surface area contributed by atoms with Gasteiger partial charge in [0.2, 0.25) is 5.91 Å². The molecule has 108 valence electrons. The van der Waals surface area contributed by atoms with Crippen molar-refractivity contribution < 1.29 is 14.7 Å². The summed E-state index contributed by atoms with van der Waals surface area (Å²) in [5.41, 5.74) is 2.05. The minimum absolute atomic E-state index is 0.206. The maximum Gasteiger partial charge on any atom is 0.326 e. The lowest BCUT2D eigenvalue weighted by Crippen LogP contribution is -2.40. The molecule has 0 aromatic heterocycles. The minimum Gasteiger partial charge on any atom is -0.480 e. The predicted molar refractivity (Wildman–Crippen MR) is 79.2 cm³/mol. The summed E-state index contributed by atoms with van der Waals surface area (Å²) in [6.07, 6.45) is 3.45. The third kappa shape index (κ3) is 5.69. The Kier molecular flexibility index (Phi) is 5.97. The van der Waals surface area contributed by atoms with E-state index in [0.29, 0.717) is 6.42 Å². The molecule has 0 unspecified atom stereocenters. The zero-order chi connectivity index (χ0) is 15.1. The minimum atomic E-state index is -1.00. The highest BCUT2D eigenvalue weighted by Gasteiger charge is 2.19. The van der Waals surface area contributed by atoms with E-state index in [4.69, 9.17) is 5.11 Å². The van der Waals surface area contributed by atoms with E-state index in [1.54, 1.807) is 6.08 Å². The van der Waals surface area contributed by atoms with E-state index in [0.717, 1.165) is 11.1 Å². The van der Waals surface area contributed by atoms with Crippen molar-refractivity contribution in [2.75, 3.05) is 0 Å². The summed E-state index contributed by atoms with van der Waals surface area (Å²) >= 11 is 0. The van der Waals surface area contributed by atoms with Gasteiger partial charge in [-0.05, 0) is 30.9 Å². The second-order valence-electron chi connectivity index (χ2n) is 5.27. The number of carbonyl (C=O) groups is 2. The Morgan fingerprint density at radius 3 is 2.35 bits per heavy atom. The molecule has 0 heterocycles. The summed E-state index contributed by atoms with van der Waals surface area (Å²) in [5.74, 6) is -1.19. The fourth-order valence-electron chi connectivity index (χ4n) is 1.76. The number of nitrogens with one attached hydrogen (secondary N) is 1.